The summed E-state index contributed by atoms with van der Waals surface area (Å²) in [5, 5.41) is 0. The minimum Gasteiger partial charge on any atom is -0.488 e. The number of halogens is 1. The number of esters is 2. The minimum absolute atomic E-state index is 0.331. The third kappa shape index (κ3) is 4.32. The summed E-state index contributed by atoms with van der Waals surface area (Å²) in [6.07, 6.45) is 0. The summed E-state index contributed by atoms with van der Waals surface area (Å²) in [6, 6.07) is 11.9. The first-order valence-electron chi connectivity index (χ1n) is 6.73. The minimum atomic E-state index is -0.407. The largest absolute Gasteiger partial charge is 0.488 e. The number of carbonyl (C=O) groups is 2. The summed E-state index contributed by atoms with van der Waals surface area (Å²) in [5.41, 5.74) is 1.83. The van der Waals surface area contributed by atoms with Crippen LogP contribution >= 0.6 is 15.9 Å². The second kappa shape index (κ2) is 7.78. The highest BCUT2D eigenvalue weighted by molar-refractivity contribution is 9.10. The zero-order valence-electron chi connectivity index (χ0n) is 12.7. The predicted molar refractivity (Wildman–Crippen MR) is 87.6 cm³/mol. The molecule has 0 spiro atoms. The standard InChI is InChI=1S/C17H15BrO5/c1-21-16(19)12-5-3-11(4-6-12)10-23-15-8-7-13(9-14(15)18)17(20)22-2/h3-9H,10H2,1-2H3. The van der Waals surface area contributed by atoms with E-state index in [0.717, 1.165) is 5.56 Å². The molecular formula is C17H15BrO5. The van der Waals surface area contributed by atoms with Gasteiger partial charge in [-0.25, -0.2) is 9.59 Å². The molecule has 0 saturated carbocycles. The van der Waals surface area contributed by atoms with Crippen LogP contribution < -0.4 is 4.74 Å². The van der Waals surface area contributed by atoms with Crippen molar-refractivity contribution in [1.82, 2.24) is 0 Å². The average Bonchev–Trinajstić information content (AvgIpc) is 2.59. The number of hydrogen-bond acceptors (Lipinski definition) is 5. The zero-order valence-corrected chi connectivity index (χ0v) is 14.3. The number of hydrogen-bond donors (Lipinski definition) is 0. The lowest BCUT2D eigenvalue weighted by atomic mass is 10.1. The van der Waals surface area contributed by atoms with E-state index in [0.29, 0.717) is 28.0 Å². The van der Waals surface area contributed by atoms with Gasteiger partial charge in [0.2, 0.25) is 0 Å². The Hall–Kier alpha value is -2.34. The van der Waals surface area contributed by atoms with Crippen LogP contribution in [0, 0.1) is 0 Å². The molecule has 2 aromatic rings. The van der Waals surface area contributed by atoms with E-state index in [-0.39, 0.29) is 5.97 Å². The molecule has 5 nitrogen and oxygen atoms in total. The molecular weight excluding hydrogens is 364 g/mol. The van der Waals surface area contributed by atoms with Crippen molar-refractivity contribution >= 4 is 27.9 Å². The van der Waals surface area contributed by atoms with Gasteiger partial charge < -0.3 is 14.2 Å². The second-order valence-electron chi connectivity index (χ2n) is 4.61. The third-order valence-electron chi connectivity index (χ3n) is 3.12. The Labute approximate surface area is 142 Å². The molecule has 0 saturated heterocycles. The summed E-state index contributed by atoms with van der Waals surface area (Å²) in [5.74, 6) is -0.177. The zero-order chi connectivity index (χ0) is 16.8. The topological polar surface area (TPSA) is 61.8 Å². The van der Waals surface area contributed by atoms with E-state index in [9.17, 15) is 9.59 Å². The van der Waals surface area contributed by atoms with Gasteiger partial charge in [0.15, 0.2) is 0 Å². The molecule has 0 aliphatic rings. The smallest absolute Gasteiger partial charge is 0.337 e. The summed E-state index contributed by atoms with van der Waals surface area (Å²) < 4.78 is 15.7. The van der Waals surface area contributed by atoms with Crippen LogP contribution in [0.25, 0.3) is 0 Å². The Morgan fingerprint density at radius 1 is 0.913 bits per heavy atom. The fourth-order valence-electron chi connectivity index (χ4n) is 1.88. The molecule has 2 aromatic carbocycles. The van der Waals surface area contributed by atoms with E-state index in [4.69, 9.17) is 4.74 Å². The molecule has 0 bridgehead atoms. The quantitative estimate of drug-likeness (QED) is 0.743. The van der Waals surface area contributed by atoms with Gasteiger partial charge in [-0.15, -0.1) is 0 Å². The van der Waals surface area contributed by atoms with E-state index in [1.54, 1.807) is 42.5 Å². The summed E-state index contributed by atoms with van der Waals surface area (Å²) in [4.78, 5) is 22.8. The fraction of sp³-hybridized carbons (Fsp3) is 0.176. The first kappa shape index (κ1) is 17.0. The molecule has 0 N–H and O–H groups in total. The molecule has 2 rings (SSSR count). The second-order valence-corrected chi connectivity index (χ2v) is 5.47. The molecule has 23 heavy (non-hydrogen) atoms. The number of ether oxygens (including phenoxy) is 3. The highest BCUT2D eigenvalue weighted by Gasteiger charge is 2.10. The monoisotopic (exact) mass is 378 g/mol. The molecule has 6 heteroatoms. The van der Waals surface area contributed by atoms with Crippen molar-refractivity contribution in [2.75, 3.05) is 14.2 Å². The van der Waals surface area contributed by atoms with Crippen LogP contribution in [0.5, 0.6) is 5.75 Å². The van der Waals surface area contributed by atoms with E-state index in [1.165, 1.54) is 14.2 Å². The van der Waals surface area contributed by atoms with Crippen molar-refractivity contribution in [3.63, 3.8) is 0 Å². The highest BCUT2D eigenvalue weighted by Crippen LogP contribution is 2.27. The number of benzene rings is 2. The van der Waals surface area contributed by atoms with Gasteiger partial charge in [0.05, 0.1) is 29.8 Å². The summed E-state index contributed by atoms with van der Waals surface area (Å²) in [7, 11) is 2.67. The lowest BCUT2D eigenvalue weighted by Crippen LogP contribution is -2.03. The summed E-state index contributed by atoms with van der Waals surface area (Å²) >= 11 is 3.36. The molecule has 0 aliphatic carbocycles. The number of methoxy groups -OCH3 is 2. The third-order valence-corrected chi connectivity index (χ3v) is 3.74. The maximum atomic E-state index is 11.4. The predicted octanol–water partition coefficient (Wildman–Crippen LogP) is 3.60. The van der Waals surface area contributed by atoms with Gasteiger partial charge in [0.25, 0.3) is 0 Å². The van der Waals surface area contributed by atoms with Crippen LogP contribution in [0.2, 0.25) is 0 Å². The van der Waals surface area contributed by atoms with Gasteiger partial charge >= 0.3 is 11.9 Å². The average molecular weight is 379 g/mol. The Bertz CT molecular complexity index is 709. The molecule has 0 atom stereocenters. The van der Waals surface area contributed by atoms with Gasteiger partial charge in [-0.05, 0) is 51.8 Å². The SMILES string of the molecule is COC(=O)c1ccc(COc2ccc(C(=O)OC)cc2Br)cc1. The van der Waals surface area contributed by atoms with E-state index < -0.39 is 5.97 Å². The molecule has 120 valence electrons. The molecule has 0 heterocycles. The summed E-state index contributed by atoms with van der Waals surface area (Å²) in [6.45, 7) is 0.331. The van der Waals surface area contributed by atoms with Gasteiger partial charge in [0.1, 0.15) is 12.4 Å². The first-order valence-corrected chi connectivity index (χ1v) is 7.52. The van der Waals surface area contributed by atoms with E-state index in [2.05, 4.69) is 25.4 Å². The molecule has 0 aliphatic heterocycles. The molecule has 0 amide bonds. The van der Waals surface area contributed by atoms with Crippen molar-refractivity contribution in [3.05, 3.63) is 63.6 Å². The molecule has 0 radical (unpaired) electrons. The maximum absolute atomic E-state index is 11.4. The van der Waals surface area contributed by atoms with Crippen molar-refractivity contribution < 1.29 is 23.8 Å². The number of rotatable bonds is 5. The van der Waals surface area contributed by atoms with Gasteiger partial charge in [-0.2, -0.15) is 0 Å². The van der Waals surface area contributed by atoms with Crippen LogP contribution in [-0.4, -0.2) is 26.2 Å². The Morgan fingerprint density at radius 3 is 2.04 bits per heavy atom. The van der Waals surface area contributed by atoms with Crippen LogP contribution in [0.3, 0.4) is 0 Å². The van der Waals surface area contributed by atoms with Crippen molar-refractivity contribution in [2.24, 2.45) is 0 Å². The van der Waals surface area contributed by atoms with Crippen LogP contribution in [-0.2, 0) is 16.1 Å². The van der Waals surface area contributed by atoms with Crippen LogP contribution in [0.15, 0.2) is 46.9 Å². The normalized spacial score (nSPS) is 10.0. The highest BCUT2D eigenvalue weighted by atomic mass is 79.9. The van der Waals surface area contributed by atoms with Crippen LogP contribution in [0.1, 0.15) is 26.3 Å². The first-order chi connectivity index (χ1) is 11.0. The Morgan fingerprint density at radius 2 is 1.48 bits per heavy atom. The Balaban J connectivity index is 2.03. The van der Waals surface area contributed by atoms with Crippen molar-refractivity contribution in [1.29, 1.82) is 0 Å². The number of carbonyl (C=O) groups excluding carboxylic acids is 2. The fourth-order valence-corrected chi connectivity index (χ4v) is 2.37. The van der Waals surface area contributed by atoms with Crippen molar-refractivity contribution in [3.8, 4) is 5.75 Å². The maximum Gasteiger partial charge on any atom is 0.337 e. The van der Waals surface area contributed by atoms with E-state index >= 15 is 0 Å². The van der Waals surface area contributed by atoms with Crippen LogP contribution in [0.4, 0.5) is 0 Å². The Kier molecular flexibility index (Phi) is 5.76. The van der Waals surface area contributed by atoms with Gasteiger partial charge in [0, 0.05) is 0 Å². The van der Waals surface area contributed by atoms with Gasteiger partial charge in [-0.3, -0.25) is 0 Å². The lowest BCUT2D eigenvalue weighted by molar-refractivity contribution is 0.0591. The van der Waals surface area contributed by atoms with Gasteiger partial charge in [-0.1, -0.05) is 12.1 Å². The molecule has 0 unspecified atom stereocenters. The molecule has 0 fully saturated rings. The van der Waals surface area contributed by atoms with Crippen molar-refractivity contribution in [2.45, 2.75) is 6.61 Å². The molecule has 0 aromatic heterocycles. The van der Waals surface area contributed by atoms with E-state index in [1.807, 2.05) is 0 Å². The lowest BCUT2D eigenvalue weighted by Gasteiger charge is -2.10.